The van der Waals surface area contributed by atoms with Crippen LogP contribution in [0.1, 0.15) is 33.8 Å². The number of carbonyl (C=O) groups excluding carboxylic acids is 1. The molecular formula is C27H20F3NO4. The molecule has 178 valence electrons. The Morgan fingerprint density at radius 3 is 2.11 bits per heavy atom. The highest BCUT2D eigenvalue weighted by Crippen LogP contribution is 2.30. The second-order valence-corrected chi connectivity index (χ2v) is 7.69. The van der Waals surface area contributed by atoms with Crippen LogP contribution in [0.25, 0.3) is 12.2 Å². The average Bonchev–Trinajstić information content (AvgIpc) is 3.34. The largest absolute Gasteiger partial charge is 0.487 e. The van der Waals surface area contributed by atoms with Gasteiger partial charge in [-0.15, -0.1) is 0 Å². The minimum atomic E-state index is -4.38. The number of halogens is 3. The van der Waals surface area contributed by atoms with Gasteiger partial charge in [-0.25, -0.2) is 4.98 Å². The maximum Gasteiger partial charge on any atom is 0.416 e. The van der Waals surface area contributed by atoms with E-state index in [1.807, 2.05) is 0 Å². The van der Waals surface area contributed by atoms with Crippen molar-refractivity contribution in [1.82, 2.24) is 4.98 Å². The Morgan fingerprint density at radius 1 is 0.857 bits per heavy atom. The summed E-state index contributed by atoms with van der Waals surface area (Å²) in [6, 6.07) is 19.9. The molecule has 0 aliphatic heterocycles. The second kappa shape index (κ2) is 9.99. The van der Waals surface area contributed by atoms with Gasteiger partial charge in [0.25, 0.3) is 0 Å². The molecule has 0 bridgehead atoms. The van der Waals surface area contributed by atoms with E-state index in [0.29, 0.717) is 34.4 Å². The molecule has 1 N–H and O–H groups in total. The maximum atomic E-state index is 12.6. The van der Waals surface area contributed by atoms with Gasteiger partial charge in [0.1, 0.15) is 24.3 Å². The zero-order valence-corrected chi connectivity index (χ0v) is 18.3. The third kappa shape index (κ3) is 5.67. The Kier molecular flexibility index (Phi) is 6.84. The van der Waals surface area contributed by atoms with Gasteiger partial charge in [0.2, 0.25) is 5.89 Å². The molecule has 0 spiro atoms. The first-order valence-electron chi connectivity index (χ1n) is 10.6. The van der Waals surface area contributed by atoms with E-state index in [2.05, 4.69) is 4.98 Å². The van der Waals surface area contributed by atoms with Gasteiger partial charge in [-0.3, -0.25) is 4.79 Å². The lowest BCUT2D eigenvalue weighted by Gasteiger charge is -2.23. The molecule has 0 saturated carbocycles. The van der Waals surface area contributed by atoms with Gasteiger partial charge in [-0.1, -0.05) is 54.6 Å². The summed E-state index contributed by atoms with van der Waals surface area (Å²) in [6.07, 6.45) is 0.674. The van der Waals surface area contributed by atoms with Crippen molar-refractivity contribution in [2.45, 2.75) is 18.4 Å². The van der Waals surface area contributed by atoms with Crippen LogP contribution in [0.4, 0.5) is 13.2 Å². The van der Waals surface area contributed by atoms with E-state index in [9.17, 15) is 23.1 Å². The van der Waals surface area contributed by atoms with E-state index in [0.717, 1.165) is 12.1 Å². The van der Waals surface area contributed by atoms with Crippen LogP contribution in [-0.2, 0) is 23.2 Å². The smallest absolute Gasteiger partial charge is 0.416 e. The number of hydrogen-bond donors (Lipinski definition) is 1. The Balaban J connectivity index is 1.36. The molecule has 4 aromatic rings. The molecule has 5 nitrogen and oxygen atoms in total. The van der Waals surface area contributed by atoms with Gasteiger partial charge in [0.15, 0.2) is 11.9 Å². The molecule has 0 amide bonds. The van der Waals surface area contributed by atoms with Crippen LogP contribution in [0, 0.1) is 0 Å². The number of aldehydes is 1. The second-order valence-electron chi connectivity index (χ2n) is 7.69. The monoisotopic (exact) mass is 479 g/mol. The molecule has 0 radical (unpaired) electrons. The van der Waals surface area contributed by atoms with Crippen molar-refractivity contribution in [3.05, 3.63) is 119 Å². The average molecular weight is 479 g/mol. The van der Waals surface area contributed by atoms with Crippen molar-refractivity contribution in [3.63, 3.8) is 0 Å². The first-order valence-corrected chi connectivity index (χ1v) is 10.6. The summed E-state index contributed by atoms with van der Waals surface area (Å²) in [7, 11) is 0. The number of rotatable bonds is 8. The normalized spacial score (nSPS) is 13.5. The van der Waals surface area contributed by atoms with Crippen LogP contribution in [0.2, 0.25) is 0 Å². The Morgan fingerprint density at radius 2 is 1.49 bits per heavy atom. The van der Waals surface area contributed by atoms with Crippen LogP contribution in [0.3, 0.4) is 0 Å². The number of ether oxygens (including phenoxy) is 1. The lowest BCUT2D eigenvalue weighted by molar-refractivity contribution is -0.137. The lowest BCUT2D eigenvalue weighted by Crippen LogP contribution is -2.28. The molecule has 1 heterocycles. The number of aliphatic hydroxyl groups is 1. The number of nitrogens with zero attached hydrogens (tertiary/aromatic N) is 1. The van der Waals surface area contributed by atoms with E-state index < -0.39 is 17.3 Å². The molecule has 0 saturated heterocycles. The fourth-order valence-corrected chi connectivity index (χ4v) is 3.37. The number of carbonyl (C=O) groups is 1. The molecule has 0 aliphatic rings. The Bertz CT molecular complexity index is 1300. The van der Waals surface area contributed by atoms with Crippen molar-refractivity contribution in [2.75, 3.05) is 0 Å². The molecule has 1 aromatic heterocycles. The highest BCUT2D eigenvalue weighted by atomic mass is 19.4. The van der Waals surface area contributed by atoms with Gasteiger partial charge in [0.05, 0.1) is 5.56 Å². The Hall–Kier alpha value is -4.17. The van der Waals surface area contributed by atoms with E-state index in [4.69, 9.17) is 9.15 Å². The highest BCUT2D eigenvalue weighted by Gasteiger charge is 2.31. The van der Waals surface area contributed by atoms with Gasteiger partial charge in [-0.05, 0) is 47.0 Å². The van der Waals surface area contributed by atoms with Crippen molar-refractivity contribution < 1.29 is 32.2 Å². The Labute approximate surface area is 199 Å². The summed E-state index contributed by atoms with van der Waals surface area (Å²) >= 11 is 0. The van der Waals surface area contributed by atoms with Gasteiger partial charge < -0.3 is 14.3 Å². The molecule has 0 fully saturated rings. The maximum absolute atomic E-state index is 12.6. The summed E-state index contributed by atoms with van der Waals surface area (Å²) in [4.78, 5) is 15.9. The van der Waals surface area contributed by atoms with E-state index >= 15 is 0 Å². The van der Waals surface area contributed by atoms with Crippen molar-refractivity contribution in [2.24, 2.45) is 0 Å². The molecule has 1 atom stereocenters. The standard InChI is InChI=1S/C27H20F3NO4/c28-27(29,30)22-9-6-19(7-10-22)8-15-25-31-23(17-35-25)16-34-24-13-11-21(12-14-24)26(33,18-32)20-4-2-1-3-5-20/h1-15,17-18,33H,16H2/b15-8+. The molecule has 35 heavy (non-hydrogen) atoms. The number of benzene rings is 3. The van der Waals surface area contributed by atoms with Crippen molar-refractivity contribution in [3.8, 4) is 5.75 Å². The number of hydrogen-bond acceptors (Lipinski definition) is 5. The molecular weight excluding hydrogens is 459 g/mol. The summed E-state index contributed by atoms with van der Waals surface area (Å²) in [5.41, 5.74) is -0.532. The number of aromatic nitrogens is 1. The minimum absolute atomic E-state index is 0.105. The summed E-state index contributed by atoms with van der Waals surface area (Å²) in [5, 5.41) is 10.9. The summed E-state index contributed by atoms with van der Waals surface area (Å²) in [5.74, 6) is 0.776. The minimum Gasteiger partial charge on any atom is -0.487 e. The van der Waals surface area contributed by atoms with Crippen LogP contribution in [-0.4, -0.2) is 16.4 Å². The zero-order chi connectivity index (χ0) is 24.9. The predicted molar refractivity (Wildman–Crippen MR) is 123 cm³/mol. The molecule has 4 rings (SSSR count). The van der Waals surface area contributed by atoms with Crippen molar-refractivity contribution in [1.29, 1.82) is 0 Å². The fourth-order valence-electron chi connectivity index (χ4n) is 3.37. The molecule has 8 heteroatoms. The highest BCUT2D eigenvalue weighted by molar-refractivity contribution is 5.72. The van der Waals surface area contributed by atoms with Crippen molar-refractivity contribution >= 4 is 18.4 Å². The van der Waals surface area contributed by atoms with Gasteiger partial charge in [-0.2, -0.15) is 13.2 Å². The summed E-state index contributed by atoms with van der Waals surface area (Å²) in [6.45, 7) is 0.105. The third-order valence-electron chi connectivity index (χ3n) is 5.29. The fraction of sp³-hybridized carbons (Fsp3) is 0.111. The number of oxazole rings is 1. The first-order chi connectivity index (χ1) is 16.8. The molecule has 1 unspecified atom stereocenters. The molecule has 0 aliphatic carbocycles. The van der Waals surface area contributed by atoms with Crippen LogP contribution in [0.5, 0.6) is 5.75 Å². The summed E-state index contributed by atoms with van der Waals surface area (Å²) < 4.78 is 49.0. The van der Waals surface area contributed by atoms with E-state index in [1.54, 1.807) is 66.7 Å². The van der Waals surface area contributed by atoms with Crippen LogP contribution < -0.4 is 4.74 Å². The third-order valence-corrected chi connectivity index (χ3v) is 5.29. The van der Waals surface area contributed by atoms with Gasteiger partial charge in [0, 0.05) is 6.08 Å². The first kappa shape index (κ1) is 24.0. The van der Waals surface area contributed by atoms with E-state index in [1.165, 1.54) is 18.4 Å². The van der Waals surface area contributed by atoms with E-state index in [-0.39, 0.29) is 12.5 Å². The topological polar surface area (TPSA) is 72.6 Å². The van der Waals surface area contributed by atoms with Crippen LogP contribution in [0.15, 0.2) is 89.5 Å². The SMILES string of the molecule is O=CC(O)(c1ccccc1)c1ccc(OCc2coc(/C=C/c3ccc(C(F)(F)F)cc3)n2)cc1. The molecule has 3 aromatic carbocycles. The quantitative estimate of drug-likeness (QED) is 0.320. The lowest BCUT2D eigenvalue weighted by atomic mass is 9.88. The zero-order valence-electron chi connectivity index (χ0n) is 18.3. The predicted octanol–water partition coefficient (Wildman–Crippen LogP) is 5.88. The van der Waals surface area contributed by atoms with Gasteiger partial charge >= 0.3 is 6.18 Å². The van der Waals surface area contributed by atoms with Crippen LogP contribution >= 0.6 is 0 Å². The number of alkyl halides is 3.